The van der Waals surface area contributed by atoms with Gasteiger partial charge in [0.15, 0.2) is 5.78 Å². The second-order valence-corrected chi connectivity index (χ2v) is 8.69. The molecule has 25 heavy (non-hydrogen) atoms. The van der Waals surface area contributed by atoms with E-state index in [2.05, 4.69) is 13.8 Å². The Kier molecular flexibility index (Phi) is 3.86. The van der Waals surface area contributed by atoms with Crippen LogP contribution in [-0.2, 0) is 14.3 Å². The van der Waals surface area contributed by atoms with Crippen LogP contribution in [0.3, 0.4) is 0 Å². The highest BCUT2D eigenvalue weighted by molar-refractivity contribution is 6.01. The van der Waals surface area contributed by atoms with Crippen LogP contribution in [0.25, 0.3) is 0 Å². The van der Waals surface area contributed by atoms with Crippen LogP contribution >= 0.6 is 0 Å². The zero-order valence-corrected chi connectivity index (χ0v) is 15.3. The summed E-state index contributed by atoms with van der Waals surface area (Å²) in [7, 11) is 0. The van der Waals surface area contributed by atoms with E-state index in [1.807, 2.05) is 13.0 Å². The topological polar surface area (TPSA) is 63.6 Å². The molecule has 0 unspecified atom stereocenters. The second kappa shape index (κ2) is 5.62. The summed E-state index contributed by atoms with van der Waals surface area (Å²) in [5.74, 6) is 1.03. The fourth-order valence-electron chi connectivity index (χ4n) is 6.36. The number of allylic oxidation sites excluding steroid dienone is 3. The molecule has 4 rings (SSSR count). The van der Waals surface area contributed by atoms with Gasteiger partial charge in [-0.15, -0.1) is 0 Å². The Hall–Kier alpha value is -1.26. The lowest BCUT2D eigenvalue weighted by atomic mass is 9.47. The van der Waals surface area contributed by atoms with E-state index in [0.717, 1.165) is 24.8 Å². The van der Waals surface area contributed by atoms with Crippen molar-refractivity contribution in [1.29, 1.82) is 0 Å². The van der Waals surface area contributed by atoms with Gasteiger partial charge in [0.2, 0.25) is 0 Å². The van der Waals surface area contributed by atoms with Gasteiger partial charge in [0.05, 0.1) is 6.10 Å². The van der Waals surface area contributed by atoms with Crippen LogP contribution in [0.1, 0.15) is 46.5 Å². The fourth-order valence-corrected chi connectivity index (χ4v) is 6.36. The van der Waals surface area contributed by atoms with Gasteiger partial charge < -0.3 is 9.84 Å². The Morgan fingerprint density at radius 1 is 1.24 bits per heavy atom. The van der Waals surface area contributed by atoms with Crippen molar-refractivity contribution in [3.05, 3.63) is 23.8 Å². The van der Waals surface area contributed by atoms with Crippen molar-refractivity contribution in [2.45, 2.75) is 58.7 Å². The smallest absolute Gasteiger partial charge is 0.178 e. The Morgan fingerprint density at radius 2 is 2.00 bits per heavy atom. The Morgan fingerprint density at radius 3 is 2.72 bits per heavy atom. The summed E-state index contributed by atoms with van der Waals surface area (Å²) in [5.41, 5.74) is 0.202. The number of ether oxygens (including phenoxy) is 1. The van der Waals surface area contributed by atoms with Crippen molar-refractivity contribution in [1.82, 2.24) is 0 Å². The molecule has 0 saturated heterocycles. The lowest BCUT2D eigenvalue weighted by Crippen LogP contribution is -2.60. The van der Waals surface area contributed by atoms with Crippen molar-refractivity contribution >= 4 is 11.6 Å². The number of Topliss-reactive ketones (excluding diaryl/α,β-unsaturated/α-hetero) is 1. The van der Waals surface area contributed by atoms with E-state index >= 15 is 0 Å². The molecule has 4 heteroatoms. The molecule has 4 aliphatic rings. The van der Waals surface area contributed by atoms with Crippen LogP contribution in [0, 0.1) is 28.6 Å². The van der Waals surface area contributed by atoms with Gasteiger partial charge in [-0.2, -0.15) is 0 Å². The minimum Gasteiger partial charge on any atom is -0.386 e. The molecule has 3 fully saturated rings. The molecule has 4 aliphatic carbocycles. The molecule has 0 radical (unpaired) electrons. The van der Waals surface area contributed by atoms with Gasteiger partial charge in [-0.05, 0) is 61.7 Å². The van der Waals surface area contributed by atoms with E-state index < -0.39 is 6.10 Å². The highest BCUT2D eigenvalue weighted by atomic mass is 16.5. The molecule has 0 bridgehead atoms. The van der Waals surface area contributed by atoms with E-state index in [1.54, 1.807) is 12.2 Å². The van der Waals surface area contributed by atoms with E-state index in [0.29, 0.717) is 24.7 Å². The number of carbonyl (C=O) groups excluding carboxylic acids is 2. The number of aliphatic hydroxyl groups is 1. The SMILES string of the molecule is CCO[C@@H]1[C@@H]2[C@H](CC[C@]3(C)C(=O)CC[C@@H]23)[C@@]2(C)C=CC(=O)C=C2[C@H]1O. The van der Waals surface area contributed by atoms with Crippen LogP contribution in [-0.4, -0.2) is 35.5 Å². The molecule has 0 aromatic heterocycles. The van der Waals surface area contributed by atoms with E-state index in [9.17, 15) is 14.7 Å². The van der Waals surface area contributed by atoms with Gasteiger partial charge in [-0.25, -0.2) is 0 Å². The third-order valence-corrected chi connectivity index (χ3v) is 7.69. The maximum atomic E-state index is 12.6. The highest BCUT2D eigenvalue weighted by Gasteiger charge is 2.63. The molecular weight excluding hydrogens is 316 g/mol. The maximum Gasteiger partial charge on any atom is 0.178 e. The Bertz CT molecular complexity index is 677. The second-order valence-electron chi connectivity index (χ2n) is 8.69. The molecule has 3 saturated carbocycles. The van der Waals surface area contributed by atoms with Gasteiger partial charge >= 0.3 is 0 Å². The molecule has 136 valence electrons. The molecule has 0 spiro atoms. The first-order valence-corrected chi connectivity index (χ1v) is 9.61. The quantitative estimate of drug-likeness (QED) is 0.837. The first-order chi connectivity index (χ1) is 11.8. The standard InChI is InChI=1S/C21H28O4/c1-4-25-19-17-13-5-6-16(23)21(13,3)10-8-14(17)20(2)9-7-12(22)11-15(20)18(19)24/h7,9,11,13-14,17-19,24H,4-6,8,10H2,1-3H3/t13-,14-,17-,18+,19+,20+,21-/m0/s1. The van der Waals surface area contributed by atoms with Crippen LogP contribution in [0.2, 0.25) is 0 Å². The molecule has 1 N–H and O–H groups in total. The van der Waals surface area contributed by atoms with Crippen molar-refractivity contribution < 1.29 is 19.4 Å². The average molecular weight is 344 g/mol. The van der Waals surface area contributed by atoms with Crippen molar-refractivity contribution in [3.63, 3.8) is 0 Å². The molecule has 4 nitrogen and oxygen atoms in total. The normalized spacial score (nSPS) is 48.6. The van der Waals surface area contributed by atoms with Crippen LogP contribution < -0.4 is 0 Å². The van der Waals surface area contributed by atoms with E-state index in [-0.39, 0.29) is 34.6 Å². The van der Waals surface area contributed by atoms with Crippen LogP contribution in [0.5, 0.6) is 0 Å². The number of hydrogen-bond donors (Lipinski definition) is 1. The summed E-state index contributed by atoms with van der Waals surface area (Å²) >= 11 is 0. The highest BCUT2D eigenvalue weighted by Crippen LogP contribution is 2.63. The average Bonchev–Trinajstić information content (AvgIpc) is 2.88. The number of hydrogen-bond acceptors (Lipinski definition) is 4. The summed E-state index contributed by atoms with van der Waals surface area (Å²) in [6, 6.07) is 0. The van der Waals surface area contributed by atoms with E-state index in [1.165, 1.54) is 0 Å². The fraction of sp³-hybridized carbons (Fsp3) is 0.714. The Labute approximate surface area is 149 Å². The third-order valence-electron chi connectivity index (χ3n) is 7.69. The number of carbonyl (C=O) groups is 2. The van der Waals surface area contributed by atoms with Crippen molar-refractivity contribution in [2.24, 2.45) is 28.6 Å². The Balaban J connectivity index is 1.82. The van der Waals surface area contributed by atoms with E-state index in [4.69, 9.17) is 4.74 Å². The molecular formula is C21H28O4. The third kappa shape index (κ3) is 2.20. The minimum absolute atomic E-state index is 0.0584. The van der Waals surface area contributed by atoms with Gasteiger partial charge in [0.25, 0.3) is 0 Å². The van der Waals surface area contributed by atoms with Gasteiger partial charge in [0, 0.05) is 23.9 Å². The molecule has 0 aromatic rings. The molecule has 0 heterocycles. The molecule has 0 aliphatic heterocycles. The summed E-state index contributed by atoms with van der Waals surface area (Å²) in [5, 5.41) is 11.1. The molecule has 0 amide bonds. The number of rotatable bonds is 2. The lowest BCUT2D eigenvalue weighted by molar-refractivity contribution is -0.159. The predicted octanol–water partition coefficient (Wildman–Crippen LogP) is 2.85. The number of ketones is 2. The van der Waals surface area contributed by atoms with Gasteiger partial charge in [-0.1, -0.05) is 19.9 Å². The summed E-state index contributed by atoms with van der Waals surface area (Å²) in [4.78, 5) is 24.5. The first-order valence-electron chi connectivity index (χ1n) is 9.61. The molecule has 0 aromatic carbocycles. The predicted molar refractivity (Wildman–Crippen MR) is 93.8 cm³/mol. The van der Waals surface area contributed by atoms with Crippen LogP contribution in [0.4, 0.5) is 0 Å². The zero-order valence-electron chi connectivity index (χ0n) is 15.3. The summed E-state index contributed by atoms with van der Waals surface area (Å²) in [6.45, 7) is 6.73. The summed E-state index contributed by atoms with van der Waals surface area (Å²) in [6.07, 6.45) is 7.51. The summed E-state index contributed by atoms with van der Waals surface area (Å²) < 4.78 is 6.04. The monoisotopic (exact) mass is 344 g/mol. The van der Waals surface area contributed by atoms with Gasteiger partial charge in [-0.3, -0.25) is 9.59 Å². The zero-order chi connectivity index (χ0) is 18.0. The minimum atomic E-state index is -0.779. The van der Waals surface area contributed by atoms with Gasteiger partial charge in [0.1, 0.15) is 11.9 Å². The maximum absolute atomic E-state index is 12.6. The van der Waals surface area contributed by atoms with Crippen molar-refractivity contribution in [2.75, 3.05) is 6.61 Å². The number of aliphatic hydroxyl groups excluding tert-OH is 1. The largest absolute Gasteiger partial charge is 0.386 e. The van der Waals surface area contributed by atoms with Crippen LogP contribution in [0.15, 0.2) is 23.8 Å². The molecule has 7 atom stereocenters. The van der Waals surface area contributed by atoms with Crippen molar-refractivity contribution in [3.8, 4) is 0 Å². The lowest BCUT2D eigenvalue weighted by Gasteiger charge is -2.59. The number of fused-ring (bicyclic) bond motifs is 5. The first kappa shape index (κ1) is 17.2.